The van der Waals surface area contributed by atoms with Crippen LogP contribution >= 0.6 is 0 Å². The van der Waals surface area contributed by atoms with E-state index in [-0.39, 0.29) is 39.9 Å². The molecule has 4 N–H and O–H groups in total. The van der Waals surface area contributed by atoms with E-state index in [0.717, 1.165) is 5.57 Å². The number of benzene rings is 2. The Hall–Kier alpha value is -3.67. The summed E-state index contributed by atoms with van der Waals surface area (Å²) in [6.45, 7) is 5.47. The molecule has 0 radical (unpaired) electrons. The van der Waals surface area contributed by atoms with Crippen LogP contribution in [-0.4, -0.2) is 31.8 Å². The minimum atomic E-state index is -0.787. The number of hydrogen-bond acceptors (Lipinski definition) is 6. The van der Waals surface area contributed by atoms with Crippen LogP contribution in [0.2, 0.25) is 0 Å². The fourth-order valence-corrected chi connectivity index (χ4v) is 3.24. The molecule has 1 heterocycles. The van der Waals surface area contributed by atoms with Gasteiger partial charge in [-0.05, 0) is 74.8 Å². The lowest BCUT2D eigenvalue weighted by molar-refractivity contribution is 0.104. The van der Waals surface area contributed by atoms with Crippen molar-refractivity contribution < 1.29 is 30.0 Å². The first-order valence-corrected chi connectivity index (χ1v) is 9.93. The minimum absolute atomic E-state index is 0.0506. The standard InChI is InChI=1S/C25H26O6/c1-15(2)20(27)11-13-25(3)12-10-18-23(30)19(14-22(29)24(18)31-25)21(28)9-6-16-4-7-17(26)8-5-16/h4-10,12,14,26-27,29-30H,11,13H2,1-3H3/t25-/m1/s1. The van der Waals surface area contributed by atoms with E-state index < -0.39 is 11.4 Å². The summed E-state index contributed by atoms with van der Waals surface area (Å²) in [6.07, 6.45) is 7.07. The van der Waals surface area contributed by atoms with Crippen molar-refractivity contribution in [2.75, 3.05) is 0 Å². The number of allylic oxidation sites excluding steroid dienone is 3. The molecule has 0 saturated heterocycles. The number of carbonyl (C=O) groups excluding carboxylic acids is 1. The Morgan fingerprint density at radius 1 is 1.13 bits per heavy atom. The summed E-state index contributed by atoms with van der Waals surface area (Å²) in [7, 11) is 0. The molecule has 0 fully saturated rings. The van der Waals surface area contributed by atoms with Gasteiger partial charge in [-0.1, -0.05) is 18.2 Å². The van der Waals surface area contributed by atoms with Gasteiger partial charge >= 0.3 is 0 Å². The van der Waals surface area contributed by atoms with E-state index in [0.29, 0.717) is 18.4 Å². The Kier molecular flexibility index (Phi) is 6.11. The van der Waals surface area contributed by atoms with Crippen LogP contribution < -0.4 is 4.74 Å². The molecule has 1 atom stereocenters. The van der Waals surface area contributed by atoms with Gasteiger partial charge in [-0.15, -0.1) is 0 Å². The summed E-state index contributed by atoms with van der Waals surface area (Å²) >= 11 is 0. The van der Waals surface area contributed by atoms with E-state index in [4.69, 9.17) is 4.74 Å². The fourth-order valence-electron chi connectivity index (χ4n) is 3.24. The third kappa shape index (κ3) is 4.91. The van der Waals surface area contributed by atoms with Gasteiger partial charge in [-0.2, -0.15) is 0 Å². The van der Waals surface area contributed by atoms with Crippen LogP contribution in [0.25, 0.3) is 12.2 Å². The van der Waals surface area contributed by atoms with Crippen LogP contribution in [0.1, 0.15) is 55.1 Å². The number of ether oxygens (including phenoxy) is 1. The largest absolute Gasteiger partial charge is 0.512 e. The Bertz CT molecular complexity index is 1090. The van der Waals surface area contributed by atoms with E-state index in [1.807, 2.05) is 20.8 Å². The van der Waals surface area contributed by atoms with Gasteiger partial charge in [0, 0.05) is 6.42 Å². The first-order chi connectivity index (χ1) is 14.6. The Morgan fingerprint density at radius 2 is 1.81 bits per heavy atom. The van der Waals surface area contributed by atoms with Crippen molar-refractivity contribution in [1.29, 1.82) is 0 Å². The monoisotopic (exact) mass is 422 g/mol. The smallest absolute Gasteiger partial charge is 0.189 e. The molecule has 0 amide bonds. The van der Waals surface area contributed by atoms with Gasteiger partial charge in [0.25, 0.3) is 0 Å². The van der Waals surface area contributed by atoms with Gasteiger partial charge in [-0.25, -0.2) is 0 Å². The van der Waals surface area contributed by atoms with Crippen molar-refractivity contribution in [2.24, 2.45) is 0 Å². The van der Waals surface area contributed by atoms with Crippen molar-refractivity contribution in [3.05, 3.63) is 70.5 Å². The second-order valence-electron chi connectivity index (χ2n) is 8.02. The zero-order chi connectivity index (χ0) is 22.8. The molecular formula is C25H26O6. The van der Waals surface area contributed by atoms with Crippen LogP contribution in [0.3, 0.4) is 0 Å². The summed E-state index contributed by atoms with van der Waals surface area (Å²) in [4.78, 5) is 12.6. The zero-order valence-corrected chi connectivity index (χ0v) is 17.7. The van der Waals surface area contributed by atoms with Gasteiger partial charge in [-0.3, -0.25) is 4.79 Å². The number of aromatic hydroxyl groups is 3. The zero-order valence-electron chi connectivity index (χ0n) is 17.7. The molecule has 0 bridgehead atoms. The average Bonchev–Trinajstić information content (AvgIpc) is 2.73. The number of phenolic OH excluding ortho intramolecular Hbond substituents is 3. The summed E-state index contributed by atoms with van der Waals surface area (Å²) < 4.78 is 5.95. The maximum atomic E-state index is 12.6. The first kappa shape index (κ1) is 22.0. The van der Waals surface area contributed by atoms with Crippen molar-refractivity contribution in [1.82, 2.24) is 0 Å². The van der Waals surface area contributed by atoms with E-state index in [2.05, 4.69) is 0 Å². The molecule has 0 aromatic heterocycles. The number of ketones is 1. The Morgan fingerprint density at radius 3 is 2.45 bits per heavy atom. The van der Waals surface area contributed by atoms with E-state index >= 15 is 0 Å². The van der Waals surface area contributed by atoms with Gasteiger partial charge < -0.3 is 25.2 Å². The number of aliphatic hydroxyl groups excluding tert-OH is 1. The van der Waals surface area contributed by atoms with E-state index in [9.17, 15) is 25.2 Å². The summed E-state index contributed by atoms with van der Waals surface area (Å²) in [5, 5.41) is 40.4. The molecule has 0 unspecified atom stereocenters. The Labute approximate surface area is 181 Å². The number of carbonyl (C=O) groups is 1. The molecule has 0 aliphatic carbocycles. The normalized spacial score (nSPS) is 17.3. The number of hydrogen-bond donors (Lipinski definition) is 4. The average molecular weight is 422 g/mol. The lowest BCUT2D eigenvalue weighted by Gasteiger charge is -2.32. The van der Waals surface area contributed by atoms with Crippen LogP contribution in [0.5, 0.6) is 23.0 Å². The van der Waals surface area contributed by atoms with Crippen molar-refractivity contribution in [3.8, 4) is 23.0 Å². The van der Waals surface area contributed by atoms with Gasteiger partial charge in [0.2, 0.25) is 0 Å². The number of phenols is 3. The molecule has 1 aliphatic heterocycles. The lowest BCUT2D eigenvalue weighted by Crippen LogP contribution is -2.32. The predicted octanol–water partition coefficient (Wildman–Crippen LogP) is 5.50. The molecule has 2 aromatic rings. The molecule has 31 heavy (non-hydrogen) atoms. The first-order valence-electron chi connectivity index (χ1n) is 9.93. The minimum Gasteiger partial charge on any atom is -0.512 e. The fraction of sp³-hybridized carbons (Fsp3) is 0.240. The summed E-state index contributed by atoms with van der Waals surface area (Å²) in [6, 6.07) is 7.48. The third-order valence-electron chi connectivity index (χ3n) is 5.23. The number of aliphatic hydroxyl groups is 1. The van der Waals surface area contributed by atoms with Crippen molar-refractivity contribution in [3.63, 3.8) is 0 Å². The third-order valence-corrected chi connectivity index (χ3v) is 5.23. The number of rotatable bonds is 6. The van der Waals surface area contributed by atoms with Crippen LogP contribution in [0.15, 0.2) is 53.8 Å². The topological polar surface area (TPSA) is 107 Å². The van der Waals surface area contributed by atoms with E-state index in [1.54, 1.807) is 30.4 Å². The maximum Gasteiger partial charge on any atom is 0.189 e. The highest BCUT2D eigenvalue weighted by molar-refractivity contribution is 6.10. The molecule has 0 saturated carbocycles. The van der Waals surface area contributed by atoms with Gasteiger partial charge in [0.15, 0.2) is 17.3 Å². The SMILES string of the molecule is CC(C)=C(O)CC[C@@]1(C)C=Cc2c(O)c(C(=O)C=Cc3ccc(O)cc3)cc(O)c2O1. The molecule has 1 aliphatic rings. The number of fused-ring (bicyclic) bond motifs is 1. The highest BCUT2D eigenvalue weighted by Crippen LogP contribution is 2.46. The molecule has 6 nitrogen and oxygen atoms in total. The molecule has 3 rings (SSSR count). The molecule has 6 heteroatoms. The van der Waals surface area contributed by atoms with Crippen molar-refractivity contribution >= 4 is 17.9 Å². The maximum absolute atomic E-state index is 12.6. The molecule has 2 aromatic carbocycles. The van der Waals surface area contributed by atoms with Crippen LogP contribution in [0, 0.1) is 0 Å². The molecule has 0 spiro atoms. The van der Waals surface area contributed by atoms with Crippen LogP contribution in [-0.2, 0) is 0 Å². The molecular weight excluding hydrogens is 396 g/mol. The second kappa shape index (κ2) is 8.60. The highest BCUT2D eigenvalue weighted by atomic mass is 16.5. The summed E-state index contributed by atoms with van der Waals surface area (Å²) in [5.74, 6) is -0.514. The second-order valence-corrected chi connectivity index (χ2v) is 8.02. The summed E-state index contributed by atoms with van der Waals surface area (Å²) in [5.41, 5.74) is 0.917. The van der Waals surface area contributed by atoms with Crippen molar-refractivity contribution in [2.45, 2.75) is 39.2 Å². The highest BCUT2D eigenvalue weighted by Gasteiger charge is 2.32. The predicted molar refractivity (Wildman–Crippen MR) is 120 cm³/mol. The lowest BCUT2D eigenvalue weighted by atomic mass is 9.92. The van der Waals surface area contributed by atoms with Crippen LogP contribution in [0.4, 0.5) is 0 Å². The van der Waals surface area contributed by atoms with Gasteiger partial charge in [0.1, 0.15) is 17.1 Å². The quantitative estimate of drug-likeness (QED) is 0.212. The Balaban J connectivity index is 1.85. The van der Waals surface area contributed by atoms with Gasteiger partial charge in [0.05, 0.1) is 16.9 Å². The molecule has 162 valence electrons. The van der Waals surface area contributed by atoms with E-state index in [1.165, 1.54) is 24.3 Å².